The van der Waals surface area contributed by atoms with Crippen LogP contribution in [-0.2, 0) is 5.41 Å². The smallest absolute Gasteiger partial charge is 0.161 e. The van der Waals surface area contributed by atoms with Gasteiger partial charge in [0.05, 0.1) is 16.6 Å². The van der Waals surface area contributed by atoms with Crippen molar-refractivity contribution in [2.75, 3.05) is 0 Å². The summed E-state index contributed by atoms with van der Waals surface area (Å²) in [5.74, 6) is 3.13. The molecule has 3 aliphatic rings. The van der Waals surface area contributed by atoms with Gasteiger partial charge in [-0.25, -0.2) is 9.97 Å². The van der Waals surface area contributed by atoms with Gasteiger partial charge >= 0.3 is 0 Å². The van der Waals surface area contributed by atoms with Gasteiger partial charge in [-0.15, -0.1) is 0 Å². The lowest BCUT2D eigenvalue weighted by Gasteiger charge is -2.43. The maximum absolute atomic E-state index is 6.79. The van der Waals surface area contributed by atoms with Crippen molar-refractivity contribution in [3.05, 3.63) is 216 Å². The average Bonchev–Trinajstić information content (AvgIpc) is 3.54. The second kappa shape index (κ2) is 12.1. The molecule has 0 amide bonds. The Morgan fingerprint density at radius 3 is 2.02 bits per heavy atom. The fraction of sp³-hybridized carbons (Fsp3) is 0.0588. The number of hydrogen-bond donors (Lipinski definition) is 0. The van der Waals surface area contributed by atoms with Crippen LogP contribution in [0.4, 0.5) is 0 Å². The molecule has 0 saturated carbocycles. The van der Waals surface area contributed by atoms with Gasteiger partial charge in [0.1, 0.15) is 11.5 Å². The molecule has 1 aromatic heterocycles. The monoisotopic (exact) mass is 690 g/mol. The molecular weight excluding hydrogens is 657 g/mol. The summed E-state index contributed by atoms with van der Waals surface area (Å²) < 4.78 is 6.79. The molecule has 3 nitrogen and oxygen atoms in total. The fourth-order valence-corrected chi connectivity index (χ4v) is 9.34. The van der Waals surface area contributed by atoms with Crippen LogP contribution in [-0.4, -0.2) is 9.97 Å². The van der Waals surface area contributed by atoms with E-state index in [1.165, 1.54) is 22.3 Å². The van der Waals surface area contributed by atoms with Crippen LogP contribution in [0.1, 0.15) is 28.2 Å². The fourth-order valence-electron chi connectivity index (χ4n) is 9.34. The van der Waals surface area contributed by atoms with Crippen molar-refractivity contribution in [2.45, 2.75) is 11.3 Å². The molecule has 11 rings (SSSR count). The second-order valence-corrected chi connectivity index (χ2v) is 14.4. The van der Waals surface area contributed by atoms with Gasteiger partial charge in [0.25, 0.3) is 0 Å². The first-order valence-electron chi connectivity index (χ1n) is 18.7. The SMILES string of the molecule is C1=CC2c3ccccc3C3(c4ccccc4Oc4cc(-c5ccc(-c6ccccc6-c6nc(-c7ccccc7)c7ccccc7n6)cc5)ccc43)C2C=C1. The van der Waals surface area contributed by atoms with Gasteiger partial charge in [-0.2, -0.15) is 0 Å². The van der Waals surface area contributed by atoms with Crippen LogP contribution in [0, 0.1) is 5.92 Å². The number of ether oxygens (including phenoxy) is 1. The first-order valence-corrected chi connectivity index (χ1v) is 18.7. The highest BCUT2D eigenvalue weighted by atomic mass is 16.5. The Morgan fingerprint density at radius 1 is 0.463 bits per heavy atom. The van der Waals surface area contributed by atoms with E-state index in [2.05, 4.69) is 176 Å². The molecule has 0 fully saturated rings. The minimum atomic E-state index is -0.343. The van der Waals surface area contributed by atoms with E-state index in [1.807, 2.05) is 18.2 Å². The zero-order valence-electron chi connectivity index (χ0n) is 29.4. The number of rotatable bonds is 4. The van der Waals surface area contributed by atoms with E-state index < -0.39 is 0 Å². The number of fused-ring (bicyclic) bond motifs is 10. The molecule has 3 heteroatoms. The van der Waals surface area contributed by atoms with Gasteiger partial charge in [0, 0.05) is 39.5 Å². The summed E-state index contributed by atoms with van der Waals surface area (Å²) in [6.45, 7) is 0. The van der Waals surface area contributed by atoms with Crippen molar-refractivity contribution < 1.29 is 4.74 Å². The predicted molar refractivity (Wildman–Crippen MR) is 219 cm³/mol. The number of allylic oxidation sites excluding steroid dienone is 4. The van der Waals surface area contributed by atoms with E-state index in [4.69, 9.17) is 14.7 Å². The molecule has 1 spiro atoms. The molecular formula is C51H34N2O. The third-order valence-corrected chi connectivity index (χ3v) is 11.7. The van der Waals surface area contributed by atoms with E-state index in [1.54, 1.807) is 0 Å². The van der Waals surface area contributed by atoms with Gasteiger partial charge in [0.2, 0.25) is 0 Å². The normalized spacial score (nSPS) is 18.8. The van der Waals surface area contributed by atoms with E-state index in [-0.39, 0.29) is 11.3 Å². The standard InChI is InChI=1S/C51H34N2O/c1-2-14-35(15-3-1)49-41-20-8-12-24-46(41)52-50(53-49)40-19-5-4-16-37(40)34-28-26-33(27-29-34)36-30-31-45-48(32-36)54-47-25-13-11-23-44(47)51(45)42-21-9-6-17-38(42)39-18-7-10-22-43(39)51/h1-32,38,42H. The zero-order valence-corrected chi connectivity index (χ0v) is 29.4. The third kappa shape index (κ3) is 4.55. The average molecular weight is 691 g/mol. The Morgan fingerprint density at radius 2 is 1.13 bits per heavy atom. The first kappa shape index (κ1) is 30.8. The Balaban J connectivity index is 0.996. The summed E-state index contributed by atoms with van der Waals surface area (Å²) >= 11 is 0. The Hall–Kier alpha value is -6.84. The van der Waals surface area contributed by atoms with Gasteiger partial charge in [0.15, 0.2) is 5.82 Å². The van der Waals surface area contributed by atoms with Crippen LogP contribution in [0.25, 0.3) is 55.8 Å². The molecule has 8 aromatic rings. The Kier molecular flexibility index (Phi) is 6.90. The van der Waals surface area contributed by atoms with Crippen LogP contribution in [0.3, 0.4) is 0 Å². The summed E-state index contributed by atoms with van der Waals surface area (Å²) in [6, 6.07) is 60.4. The van der Waals surface area contributed by atoms with E-state index in [9.17, 15) is 0 Å². The zero-order chi connectivity index (χ0) is 35.6. The first-order chi connectivity index (χ1) is 26.8. The number of nitrogens with zero attached hydrogens (tertiary/aromatic N) is 2. The van der Waals surface area contributed by atoms with Gasteiger partial charge in [-0.1, -0.05) is 176 Å². The highest BCUT2D eigenvalue weighted by molar-refractivity contribution is 5.94. The second-order valence-electron chi connectivity index (χ2n) is 14.4. The maximum atomic E-state index is 6.79. The van der Waals surface area contributed by atoms with E-state index >= 15 is 0 Å². The Bertz CT molecular complexity index is 2820. The highest BCUT2D eigenvalue weighted by Gasteiger charge is 2.56. The minimum absolute atomic E-state index is 0.254. The van der Waals surface area contributed by atoms with Crippen molar-refractivity contribution in [1.29, 1.82) is 0 Å². The molecule has 2 aliphatic carbocycles. The highest BCUT2D eigenvalue weighted by Crippen LogP contribution is 2.64. The van der Waals surface area contributed by atoms with Crippen molar-refractivity contribution in [3.63, 3.8) is 0 Å². The van der Waals surface area contributed by atoms with Crippen LogP contribution in [0.2, 0.25) is 0 Å². The third-order valence-electron chi connectivity index (χ3n) is 11.7. The molecule has 54 heavy (non-hydrogen) atoms. The molecule has 1 aliphatic heterocycles. The Labute approximate surface area is 314 Å². The van der Waals surface area contributed by atoms with Crippen LogP contribution in [0.15, 0.2) is 194 Å². The van der Waals surface area contributed by atoms with Gasteiger partial charge < -0.3 is 4.74 Å². The van der Waals surface area contributed by atoms with E-state index in [0.29, 0.717) is 11.7 Å². The topological polar surface area (TPSA) is 35.0 Å². The van der Waals surface area contributed by atoms with Crippen molar-refractivity contribution >= 4 is 10.9 Å². The molecule has 3 atom stereocenters. The van der Waals surface area contributed by atoms with Gasteiger partial charge in [-0.3, -0.25) is 0 Å². The molecule has 3 unspecified atom stereocenters. The summed E-state index contributed by atoms with van der Waals surface area (Å²) in [7, 11) is 0. The van der Waals surface area contributed by atoms with Crippen molar-refractivity contribution in [3.8, 4) is 56.4 Å². The maximum Gasteiger partial charge on any atom is 0.161 e. The van der Waals surface area contributed by atoms with Gasteiger partial charge in [-0.05, 0) is 51.6 Å². The quantitative estimate of drug-likeness (QED) is 0.184. The summed E-state index contributed by atoms with van der Waals surface area (Å²) in [4.78, 5) is 10.3. The number of aromatic nitrogens is 2. The minimum Gasteiger partial charge on any atom is -0.457 e. The summed E-state index contributed by atoms with van der Waals surface area (Å²) in [5.41, 5.74) is 13.3. The molecule has 0 bridgehead atoms. The molecule has 254 valence electrons. The number of para-hydroxylation sites is 2. The van der Waals surface area contributed by atoms with Crippen molar-refractivity contribution in [1.82, 2.24) is 9.97 Å². The lowest BCUT2D eigenvalue weighted by molar-refractivity contribution is 0.374. The lowest BCUT2D eigenvalue weighted by atomic mass is 9.62. The molecule has 0 radical (unpaired) electrons. The summed E-state index contributed by atoms with van der Waals surface area (Å²) in [5, 5.41) is 1.04. The number of hydrogen-bond acceptors (Lipinski definition) is 3. The lowest BCUT2D eigenvalue weighted by Crippen LogP contribution is -2.37. The predicted octanol–water partition coefficient (Wildman–Crippen LogP) is 12.6. The molecule has 0 N–H and O–H groups in total. The van der Waals surface area contributed by atoms with E-state index in [0.717, 1.165) is 61.5 Å². The summed E-state index contributed by atoms with van der Waals surface area (Å²) in [6.07, 6.45) is 9.20. The molecule has 2 heterocycles. The van der Waals surface area contributed by atoms with Crippen LogP contribution < -0.4 is 4.74 Å². The molecule has 0 saturated heterocycles. The van der Waals surface area contributed by atoms with Crippen LogP contribution in [0.5, 0.6) is 11.5 Å². The molecule has 7 aromatic carbocycles. The number of benzene rings is 7. The van der Waals surface area contributed by atoms with Crippen molar-refractivity contribution in [2.24, 2.45) is 5.92 Å². The largest absolute Gasteiger partial charge is 0.457 e. The van der Waals surface area contributed by atoms with Crippen LogP contribution >= 0.6 is 0 Å².